The Hall–Kier alpha value is -4.11. The molecule has 32 heavy (non-hydrogen) atoms. The fourth-order valence-electron chi connectivity index (χ4n) is 2.59. The predicted octanol–water partition coefficient (Wildman–Crippen LogP) is 2.68. The summed E-state index contributed by atoms with van der Waals surface area (Å²) in [7, 11) is 0. The Balaban J connectivity index is 2.02. The largest absolute Gasteiger partial charge is 0.508 e. The summed E-state index contributed by atoms with van der Waals surface area (Å²) in [4.78, 5) is 34.9. The number of aliphatic carboxylic acids is 2. The second kappa shape index (κ2) is 11.9. The van der Waals surface area contributed by atoms with Crippen molar-refractivity contribution in [1.82, 2.24) is 0 Å². The maximum atomic E-state index is 12.1. The molecule has 9 heteroatoms. The van der Waals surface area contributed by atoms with E-state index in [0.717, 1.165) is 11.6 Å². The van der Waals surface area contributed by atoms with Crippen LogP contribution in [0.5, 0.6) is 11.5 Å². The van der Waals surface area contributed by atoms with E-state index in [1.807, 2.05) is 0 Å². The standard InChI is InChI=1S/C23H22O9/c24-17-8-3-15(4-9-17)2-1-13-31-22(23(29)30)19(14-20(26)27)32-21(28)12-7-16-5-10-18(25)11-6-16/h1-12,19,22,24-25H,13-14H2,(H,26,27)(H,29,30)/b2-1+,12-7+/t19-,22+/m0/s1. The number of carboxylic acids is 2. The summed E-state index contributed by atoms with van der Waals surface area (Å²) in [5.74, 6) is -3.64. The van der Waals surface area contributed by atoms with Crippen LogP contribution < -0.4 is 0 Å². The molecule has 4 N–H and O–H groups in total. The Morgan fingerprint density at radius 1 is 0.844 bits per heavy atom. The van der Waals surface area contributed by atoms with Crippen LogP contribution in [0.4, 0.5) is 0 Å². The van der Waals surface area contributed by atoms with Crippen LogP contribution >= 0.6 is 0 Å². The number of ether oxygens (including phenoxy) is 2. The Labute approximate surface area is 183 Å². The summed E-state index contributed by atoms with van der Waals surface area (Å²) in [5, 5.41) is 37.1. The van der Waals surface area contributed by atoms with Gasteiger partial charge in [-0.05, 0) is 41.5 Å². The van der Waals surface area contributed by atoms with Gasteiger partial charge < -0.3 is 29.9 Å². The molecule has 0 aliphatic heterocycles. The number of phenolic OH excluding ortho intramolecular Hbond substituents is 2. The van der Waals surface area contributed by atoms with E-state index >= 15 is 0 Å². The number of benzene rings is 2. The third-order valence-corrected chi connectivity index (χ3v) is 4.10. The highest BCUT2D eigenvalue weighted by atomic mass is 16.6. The van der Waals surface area contributed by atoms with Crippen LogP contribution in [-0.2, 0) is 23.9 Å². The van der Waals surface area contributed by atoms with E-state index in [1.165, 1.54) is 48.6 Å². The van der Waals surface area contributed by atoms with Crippen LogP contribution in [0.15, 0.2) is 60.7 Å². The molecule has 0 aliphatic carbocycles. The van der Waals surface area contributed by atoms with Gasteiger partial charge in [0.2, 0.25) is 0 Å². The molecule has 0 unspecified atom stereocenters. The van der Waals surface area contributed by atoms with Crippen LogP contribution in [0.2, 0.25) is 0 Å². The monoisotopic (exact) mass is 442 g/mol. The van der Waals surface area contributed by atoms with Gasteiger partial charge in [0.05, 0.1) is 13.0 Å². The molecule has 0 saturated heterocycles. The number of phenols is 2. The van der Waals surface area contributed by atoms with Crippen LogP contribution in [-0.4, -0.2) is 57.1 Å². The summed E-state index contributed by atoms with van der Waals surface area (Å²) in [5.41, 5.74) is 1.30. The third kappa shape index (κ3) is 8.33. The first-order valence-electron chi connectivity index (χ1n) is 9.44. The van der Waals surface area contributed by atoms with E-state index in [2.05, 4.69) is 0 Å². The molecular formula is C23H22O9. The first kappa shape index (κ1) is 24.2. The summed E-state index contributed by atoms with van der Waals surface area (Å²) < 4.78 is 10.3. The molecule has 2 aromatic carbocycles. The molecule has 2 rings (SSSR count). The topological polar surface area (TPSA) is 151 Å². The van der Waals surface area contributed by atoms with Crippen LogP contribution in [0, 0.1) is 0 Å². The second-order valence-electron chi connectivity index (χ2n) is 6.58. The zero-order valence-corrected chi connectivity index (χ0v) is 16.8. The van der Waals surface area contributed by atoms with Gasteiger partial charge in [-0.2, -0.15) is 0 Å². The fraction of sp³-hybridized carbons (Fsp3) is 0.174. The van der Waals surface area contributed by atoms with E-state index in [0.29, 0.717) is 5.56 Å². The maximum Gasteiger partial charge on any atom is 0.336 e. The van der Waals surface area contributed by atoms with Crippen molar-refractivity contribution in [1.29, 1.82) is 0 Å². The number of aromatic hydroxyl groups is 2. The van der Waals surface area contributed by atoms with Gasteiger partial charge in [-0.3, -0.25) is 4.79 Å². The Bertz CT molecular complexity index is 976. The molecule has 0 bridgehead atoms. The molecule has 0 spiro atoms. The second-order valence-corrected chi connectivity index (χ2v) is 6.58. The minimum atomic E-state index is -1.71. The molecule has 0 radical (unpaired) electrons. The van der Waals surface area contributed by atoms with Gasteiger partial charge in [0.15, 0.2) is 6.10 Å². The van der Waals surface area contributed by atoms with Crippen molar-refractivity contribution in [3.8, 4) is 11.5 Å². The van der Waals surface area contributed by atoms with Gasteiger partial charge in [0, 0.05) is 6.08 Å². The Morgan fingerprint density at radius 2 is 1.38 bits per heavy atom. The first-order chi connectivity index (χ1) is 15.2. The summed E-state index contributed by atoms with van der Waals surface area (Å²) in [6.45, 7) is -0.186. The van der Waals surface area contributed by atoms with Crippen molar-refractivity contribution in [3.05, 3.63) is 71.8 Å². The van der Waals surface area contributed by atoms with Crippen LogP contribution in [0.1, 0.15) is 17.5 Å². The Morgan fingerprint density at radius 3 is 1.88 bits per heavy atom. The normalized spacial score (nSPS) is 13.1. The number of hydrogen-bond donors (Lipinski definition) is 4. The highest BCUT2D eigenvalue weighted by molar-refractivity contribution is 5.88. The number of rotatable bonds is 11. The lowest BCUT2D eigenvalue weighted by molar-refractivity contribution is -0.169. The van der Waals surface area contributed by atoms with Crippen LogP contribution in [0.25, 0.3) is 12.2 Å². The van der Waals surface area contributed by atoms with Crippen molar-refractivity contribution in [2.75, 3.05) is 6.61 Å². The van der Waals surface area contributed by atoms with Gasteiger partial charge in [0.1, 0.15) is 17.6 Å². The molecular weight excluding hydrogens is 420 g/mol. The molecule has 0 aliphatic rings. The number of carboxylic acid groups (broad SMARTS) is 2. The fourth-order valence-corrected chi connectivity index (χ4v) is 2.59. The molecule has 2 atom stereocenters. The number of esters is 1. The molecule has 2 aromatic rings. The van der Waals surface area contributed by atoms with E-state index in [9.17, 15) is 29.7 Å². The summed E-state index contributed by atoms with van der Waals surface area (Å²) >= 11 is 0. The lowest BCUT2D eigenvalue weighted by atomic mass is 10.1. The van der Waals surface area contributed by atoms with Crippen LogP contribution in [0.3, 0.4) is 0 Å². The quantitative estimate of drug-likeness (QED) is 0.304. The average molecular weight is 442 g/mol. The highest BCUT2D eigenvalue weighted by Gasteiger charge is 2.33. The third-order valence-electron chi connectivity index (χ3n) is 4.10. The zero-order valence-electron chi connectivity index (χ0n) is 16.8. The number of carbonyl (C=O) groups excluding carboxylic acids is 1. The molecule has 0 amide bonds. The Kier molecular flexibility index (Phi) is 9.00. The zero-order chi connectivity index (χ0) is 23.5. The summed E-state index contributed by atoms with van der Waals surface area (Å²) in [6, 6.07) is 12.1. The molecule has 0 heterocycles. The van der Waals surface area contributed by atoms with Crippen molar-refractivity contribution < 1.29 is 44.3 Å². The van der Waals surface area contributed by atoms with Gasteiger partial charge in [-0.25, -0.2) is 9.59 Å². The van der Waals surface area contributed by atoms with E-state index in [-0.39, 0.29) is 18.1 Å². The maximum absolute atomic E-state index is 12.1. The number of carbonyl (C=O) groups is 3. The average Bonchev–Trinajstić information content (AvgIpc) is 2.73. The lowest BCUT2D eigenvalue weighted by Gasteiger charge is -2.22. The molecule has 0 saturated carbocycles. The van der Waals surface area contributed by atoms with Gasteiger partial charge in [0.25, 0.3) is 0 Å². The van der Waals surface area contributed by atoms with Gasteiger partial charge in [-0.15, -0.1) is 0 Å². The van der Waals surface area contributed by atoms with E-state index in [4.69, 9.17) is 14.6 Å². The smallest absolute Gasteiger partial charge is 0.336 e. The molecule has 9 nitrogen and oxygen atoms in total. The van der Waals surface area contributed by atoms with Crippen molar-refractivity contribution >= 4 is 30.1 Å². The van der Waals surface area contributed by atoms with Crippen molar-refractivity contribution in [3.63, 3.8) is 0 Å². The van der Waals surface area contributed by atoms with Gasteiger partial charge in [-0.1, -0.05) is 36.4 Å². The van der Waals surface area contributed by atoms with Gasteiger partial charge >= 0.3 is 17.9 Å². The lowest BCUT2D eigenvalue weighted by Crippen LogP contribution is -2.41. The van der Waals surface area contributed by atoms with E-state index in [1.54, 1.807) is 18.2 Å². The minimum Gasteiger partial charge on any atom is -0.508 e. The molecule has 0 aromatic heterocycles. The summed E-state index contributed by atoms with van der Waals surface area (Å²) in [6.07, 6.45) is 1.48. The highest BCUT2D eigenvalue weighted by Crippen LogP contribution is 2.14. The number of hydrogen-bond acceptors (Lipinski definition) is 7. The SMILES string of the molecule is O=C(O)C[C@H](OC(=O)/C=C/c1ccc(O)cc1)[C@@H](OC/C=C/c1ccc(O)cc1)C(=O)O. The van der Waals surface area contributed by atoms with Crippen molar-refractivity contribution in [2.45, 2.75) is 18.6 Å². The molecule has 0 fully saturated rings. The molecule has 168 valence electrons. The minimum absolute atomic E-state index is 0.0483. The predicted molar refractivity (Wildman–Crippen MR) is 114 cm³/mol. The van der Waals surface area contributed by atoms with E-state index < -0.39 is 36.5 Å². The first-order valence-corrected chi connectivity index (χ1v) is 9.44. The van der Waals surface area contributed by atoms with Crippen molar-refractivity contribution in [2.24, 2.45) is 0 Å².